The van der Waals surface area contributed by atoms with Crippen molar-refractivity contribution >= 4 is 12.0 Å². The number of likely N-dealkylation sites (tertiary alicyclic amines) is 1. The van der Waals surface area contributed by atoms with Gasteiger partial charge in [0.25, 0.3) is 0 Å². The van der Waals surface area contributed by atoms with Gasteiger partial charge >= 0.3 is 0 Å². The van der Waals surface area contributed by atoms with E-state index in [1.165, 1.54) is 5.56 Å². The third-order valence-electron chi connectivity index (χ3n) is 5.33. The van der Waals surface area contributed by atoms with Crippen LogP contribution in [0.5, 0.6) is 0 Å². The van der Waals surface area contributed by atoms with Gasteiger partial charge in [-0.15, -0.1) is 0 Å². The molecule has 1 spiro atoms. The Morgan fingerprint density at radius 2 is 2.00 bits per heavy atom. The van der Waals surface area contributed by atoms with Gasteiger partial charge in [0, 0.05) is 30.9 Å². The van der Waals surface area contributed by atoms with Crippen LogP contribution in [0, 0.1) is 0 Å². The highest BCUT2D eigenvalue weighted by Gasteiger charge is 2.52. The minimum absolute atomic E-state index is 0.107. The Morgan fingerprint density at radius 3 is 2.77 bits per heavy atom. The SMILES string of the molecule is O=C(/C=C/c1ccncc1)N1C[C@@H](O)[C@@]2(C[C@@H](c3ccccc3)CO2)C1. The summed E-state index contributed by atoms with van der Waals surface area (Å²) in [5, 5.41) is 10.6. The van der Waals surface area contributed by atoms with Crippen molar-refractivity contribution in [2.24, 2.45) is 0 Å². The molecule has 1 amide bonds. The number of aliphatic hydroxyl groups is 1. The molecule has 2 aromatic rings. The van der Waals surface area contributed by atoms with Gasteiger partial charge in [-0.05, 0) is 35.8 Å². The molecule has 0 saturated carbocycles. The number of aromatic nitrogens is 1. The summed E-state index contributed by atoms with van der Waals surface area (Å²) in [7, 11) is 0. The van der Waals surface area contributed by atoms with Gasteiger partial charge in [0.1, 0.15) is 11.7 Å². The Hall–Kier alpha value is -2.50. The van der Waals surface area contributed by atoms with Gasteiger partial charge in [-0.1, -0.05) is 30.3 Å². The monoisotopic (exact) mass is 350 g/mol. The van der Waals surface area contributed by atoms with E-state index in [4.69, 9.17) is 4.74 Å². The number of pyridine rings is 1. The zero-order valence-corrected chi connectivity index (χ0v) is 14.5. The van der Waals surface area contributed by atoms with Crippen molar-refractivity contribution in [3.8, 4) is 0 Å². The van der Waals surface area contributed by atoms with E-state index >= 15 is 0 Å². The number of hydrogen-bond donors (Lipinski definition) is 1. The first-order valence-corrected chi connectivity index (χ1v) is 8.90. The van der Waals surface area contributed by atoms with Crippen LogP contribution in [0.15, 0.2) is 60.9 Å². The topological polar surface area (TPSA) is 62.7 Å². The lowest BCUT2D eigenvalue weighted by Gasteiger charge is -2.25. The Labute approximate surface area is 152 Å². The number of nitrogens with zero attached hydrogens (tertiary/aromatic N) is 2. The van der Waals surface area contributed by atoms with E-state index in [9.17, 15) is 9.90 Å². The number of aliphatic hydroxyl groups excluding tert-OH is 1. The molecule has 26 heavy (non-hydrogen) atoms. The van der Waals surface area contributed by atoms with Crippen LogP contribution in [0.4, 0.5) is 0 Å². The maximum Gasteiger partial charge on any atom is 0.246 e. The fraction of sp³-hybridized carbons (Fsp3) is 0.333. The van der Waals surface area contributed by atoms with Crippen LogP contribution in [-0.4, -0.2) is 52.3 Å². The lowest BCUT2D eigenvalue weighted by atomic mass is 9.87. The van der Waals surface area contributed by atoms with E-state index in [0.717, 1.165) is 12.0 Å². The molecule has 1 N–H and O–H groups in total. The lowest BCUT2D eigenvalue weighted by molar-refractivity contribution is -0.126. The average Bonchev–Trinajstić information content (AvgIpc) is 3.26. The highest BCUT2D eigenvalue weighted by atomic mass is 16.5. The molecule has 0 aliphatic carbocycles. The van der Waals surface area contributed by atoms with E-state index in [1.807, 2.05) is 30.3 Å². The van der Waals surface area contributed by atoms with E-state index in [2.05, 4.69) is 17.1 Å². The largest absolute Gasteiger partial charge is 0.388 e. The van der Waals surface area contributed by atoms with E-state index in [1.54, 1.807) is 29.4 Å². The second-order valence-electron chi connectivity index (χ2n) is 7.04. The Kier molecular flexibility index (Phi) is 4.57. The quantitative estimate of drug-likeness (QED) is 0.863. The molecule has 2 saturated heterocycles. The molecule has 3 heterocycles. The number of hydrogen-bond acceptors (Lipinski definition) is 4. The third-order valence-corrected chi connectivity index (χ3v) is 5.33. The maximum atomic E-state index is 12.5. The van der Waals surface area contributed by atoms with Crippen LogP contribution in [-0.2, 0) is 9.53 Å². The Balaban J connectivity index is 1.43. The summed E-state index contributed by atoms with van der Waals surface area (Å²) in [6.07, 6.45) is 6.77. The lowest BCUT2D eigenvalue weighted by Crippen LogP contribution is -2.41. The average molecular weight is 350 g/mol. The molecule has 5 nitrogen and oxygen atoms in total. The van der Waals surface area contributed by atoms with Gasteiger partial charge in [0.05, 0.1) is 13.2 Å². The Morgan fingerprint density at radius 1 is 1.23 bits per heavy atom. The molecular formula is C21H22N2O3. The second kappa shape index (κ2) is 7.02. The van der Waals surface area contributed by atoms with E-state index in [0.29, 0.717) is 19.7 Å². The number of amides is 1. The van der Waals surface area contributed by atoms with Gasteiger partial charge in [-0.2, -0.15) is 0 Å². The molecule has 1 aromatic heterocycles. The predicted molar refractivity (Wildman–Crippen MR) is 98.3 cm³/mol. The van der Waals surface area contributed by atoms with Crippen molar-refractivity contribution in [2.75, 3.05) is 19.7 Å². The molecule has 0 unspecified atom stereocenters. The van der Waals surface area contributed by atoms with Gasteiger partial charge < -0.3 is 14.7 Å². The van der Waals surface area contributed by atoms with Gasteiger partial charge in [-0.25, -0.2) is 0 Å². The van der Waals surface area contributed by atoms with Crippen LogP contribution in [0.25, 0.3) is 6.08 Å². The molecule has 2 fully saturated rings. The molecule has 5 heteroatoms. The number of benzene rings is 1. The summed E-state index contributed by atoms with van der Waals surface area (Å²) in [5.74, 6) is 0.151. The highest BCUT2D eigenvalue weighted by molar-refractivity contribution is 5.92. The van der Waals surface area contributed by atoms with Gasteiger partial charge in [0.15, 0.2) is 0 Å². The summed E-state index contributed by atoms with van der Waals surface area (Å²) in [4.78, 5) is 18.2. The van der Waals surface area contributed by atoms with Crippen LogP contribution in [0.3, 0.4) is 0 Å². The van der Waals surface area contributed by atoms with Crippen molar-refractivity contribution in [3.05, 3.63) is 72.1 Å². The number of carbonyl (C=O) groups excluding carboxylic acids is 1. The summed E-state index contributed by atoms with van der Waals surface area (Å²) in [6, 6.07) is 13.9. The first-order chi connectivity index (χ1) is 12.7. The van der Waals surface area contributed by atoms with Crippen molar-refractivity contribution < 1.29 is 14.6 Å². The van der Waals surface area contributed by atoms with Crippen LogP contribution < -0.4 is 0 Å². The molecule has 4 rings (SSSR count). The first kappa shape index (κ1) is 16.9. The van der Waals surface area contributed by atoms with E-state index in [-0.39, 0.29) is 11.8 Å². The maximum absolute atomic E-state index is 12.5. The predicted octanol–water partition coefficient (Wildman–Crippen LogP) is 2.24. The smallest absolute Gasteiger partial charge is 0.246 e. The van der Waals surface area contributed by atoms with Crippen molar-refractivity contribution in [3.63, 3.8) is 0 Å². The summed E-state index contributed by atoms with van der Waals surface area (Å²) in [6.45, 7) is 1.31. The van der Waals surface area contributed by atoms with Crippen molar-refractivity contribution in [1.82, 2.24) is 9.88 Å². The van der Waals surface area contributed by atoms with Crippen LogP contribution in [0.2, 0.25) is 0 Å². The van der Waals surface area contributed by atoms with Gasteiger partial charge in [0.2, 0.25) is 5.91 Å². The first-order valence-electron chi connectivity index (χ1n) is 8.90. The zero-order chi connectivity index (χ0) is 18.0. The second-order valence-corrected chi connectivity index (χ2v) is 7.04. The summed E-state index contributed by atoms with van der Waals surface area (Å²) < 4.78 is 6.05. The fourth-order valence-corrected chi connectivity index (χ4v) is 3.87. The minimum atomic E-state index is -0.658. The van der Waals surface area contributed by atoms with E-state index < -0.39 is 11.7 Å². The highest BCUT2D eigenvalue weighted by Crippen LogP contribution is 2.42. The molecule has 134 valence electrons. The molecule has 1 aromatic carbocycles. The normalized spacial score (nSPS) is 28.3. The van der Waals surface area contributed by atoms with Gasteiger partial charge in [-0.3, -0.25) is 9.78 Å². The molecule has 3 atom stereocenters. The third kappa shape index (κ3) is 3.28. The molecule has 0 radical (unpaired) electrons. The standard InChI is InChI=1S/C21H22N2O3/c24-19-13-23(20(25)7-6-16-8-10-22-11-9-16)15-21(19)12-18(14-26-21)17-4-2-1-3-5-17/h1-11,18-19,24H,12-15H2/b7-6+/t18-,19-,21-/m1/s1. The number of carbonyl (C=O) groups is 1. The summed E-state index contributed by atoms with van der Waals surface area (Å²) >= 11 is 0. The number of ether oxygens (including phenoxy) is 1. The molecule has 2 aliphatic heterocycles. The van der Waals surface area contributed by atoms with Crippen molar-refractivity contribution in [1.29, 1.82) is 0 Å². The fourth-order valence-electron chi connectivity index (χ4n) is 3.87. The number of rotatable bonds is 3. The minimum Gasteiger partial charge on any atom is -0.388 e. The number of β-amino-alcohol motifs (C(OH)–C–C–N with tert-alkyl or cyclic N) is 1. The van der Waals surface area contributed by atoms with Crippen molar-refractivity contribution in [2.45, 2.75) is 24.0 Å². The summed E-state index contributed by atoms with van der Waals surface area (Å²) in [5.41, 5.74) is 1.49. The molecule has 0 bridgehead atoms. The Bertz CT molecular complexity index is 793. The van der Waals surface area contributed by atoms with Crippen LogP contribution >= 0.6 is 0 Å². The zero-order valence-electron chi connectivity index (χ0n) is 14.5. The van der Waals surface area contributed by atoms with Crippen LogP contribution in [0.1, 0.15) is 23.5 Å². The molecular weight excluding hydrogens is 328 g/mol. The molecule has 2 aliphatic rings.